The number of nitrogens with one attached hydrogen (secondary N) is 1. The molecule has 0 saturated heterocycles. The minimum atomic E-state index is -0.0642. The Labute approximate surface area is 135 Å². The van der Waals surface area contributed by atoms with Crippen molar-refractivity contribution in [3.63, 3.8) is 0 Å². The number of aromatic nitrogens is 2. The summed E-state index contributed by atoms with van der Waals surface area (Å²) in [6.45, 7) is 1.97. The quantitative estimate of drug-likeness (QED) is 0.837. The molecular formula is C13H12BrCl2N3O. The maximum atomic E-state index is 6.18. The molecule has 1 heterocycles. The summed E-state index contributed by atoms with van der Waals surface area (Å²) in [5, 5.41) is 4.37. The number of ether oxygens (including phenoxy) is 1. The summed E-state index contributed by atoms with van der Waals surface area (Å²) >= 11 is 15.4. The Morgan fingerprint density at radius 2 is 2.10 bits per heavy atom. The molecule has 20 heavy (non-hydrogen) atoms. The number of methoxy groups -OCH3 is 1. The zero-order chi connectivity index (χ0) is 14.7. The van der Waals surface area contributed by atoms with Crippen LogP contribution in [-0.4, -0.2) is 17.1 Å². The number of benzene rings is 1. The van der Waals surface area contributed by atoms with Crippen molar-refractivity contribution >= 4 is 45.1 Å². The minimum absolute atomic E-state index is 0.0642. The third-order valence-electron chi connectivity index (χ3n) is 2.68. The molecule has 1 N–H and O–H groups in total. The summed E-state index contributed by atoms with van der Waals surface area (Å²) < 4.78 is 5.83. The van der Waals surface area contributed by atoms with Crippen LogP contribution in [0.3, 0.4) is 0 Å². The van der Waals surface area contributed by atoms with E-state index in [1.807, 2.05) is 13.0 Å². The smallest absolute Gasteiger partial charge is 0.232 e. The van der Waals surface area contributed by atoms with Gasteiger partial charge in [-0.15, -0.1) is 0 Å². The lowest BCUT2D eigenvalue weighted by Gasteiger charge is -2.16. The second-order valence-electron chi connectivity index (χ2n) is 4.08. The average molecular weight is 377 g/mol. The van der Waals surface area contributed by atoms with Gasteiger partial charge in [0.1, 0.15) is 0 Å². The molecule has 0 amide bonds. The predicted octanol–water partition coefficient (Wildman–Crippen LogP) is 4.73. The van der Waals surface area contributed by atoms with Crippen LogP contribution in [0.2, 0.25) is 10.0 Å². The fourth-order valence-electron chi connectivity index (χ4n) is 1.69. The number of hydrogen-bond acceptors (Lipinski definition) is 4. The van der Waals surface area contributed by atoms with Crippen LogP contribution in [0.5, 0.6) is 5.88 Å². The van der Waals surface area contributed by atoms with Crippen molar-refractivity contribution in [3.8, 4) is 5.88 Å². The molecule has 106 valence electrons. The Bertz CT molecular complexity index is 625. The number of nitrogens with zero attached hydrogens (tertiary/aromatic N) is 2. The Balaban J connectivity index is 2.21. The first kappa shape index (κ1) is 15.4. The number of halogens is 3. The molecule has 0 aliphatic rings. The highest BCUT2D eigenvalue weighted by Crippen LogP contribution is 2.29. The van der Waals surface area contributed by atoms with E-state index in [4.69, 9.17) is 27.9 Å². The van der Waals surface area contributed by atoms with E-state index in [0.29, 0.717) is 26.3 Å². The second-order valence-corrected chi connectivity index (χ2v) is 5.78. The van der Waals surface area contributed by atoms with Crippen molar-refractivity contribution in [2.24, 2.45) is 0 Å². The van der Waals surface area contributed by atoms with Gasteiger partial charge in [0.15, 0.2) is 0 Å². The van der Waals surface area contributed by atoms with E-state index in [2.05, 4.69) is 31.2 Å². The van der Waals surface area contributed by atoms with E-state index < -0.39 is 0 Å². The van der Waals surface area contributed by atoms with E-state index >= 15 is 0 Å². The largest absolute Gasteiger partial charge is 0.480 e. The summed E-state index contributed by atoms with van der Waals surface area (Å²) in [6.07, 6.45) is 1.63. The van der Waals surface area contributed by atoms with Crippen LogP contribution in [0.1, 0.15) is 18.5 Å². The third-order valence-corrected chi connectivity index (χ3v) is 3.79. The van der Waals surface area contributed by atoms with Crippen molar-refractivity contribution in [3.05, 3.63) is 44.5 Å². The van der Waals surface area contributed by atoms with Crippen LogP contribution in [-0.2, 0) is 0 Å². The van der Waals surface area contributed by atoms with Crippen LogP contribution >= 0.6 is 39.1 Å². The van der Waals surface area contributed by atoms with E-state index in [1.54, 1.807) is 25.4 Å². The van der Waals surface area contributed by atoms with Crippen molar-refractivity contribution < 1.29 is 4.74 Å². The monoisotopic (exact) mass is 375 g/mol. The molecule has 0 bridgehead atoms. The zero-order valence-corrected chi connectivity index (χ0v) is 13.9. The first-order chi connectivity index (χ1) is 9.51. The molecule has 0 fully saturated rings. The lowest BCUT2D eigenvalue weighted by molar-refractivity contribution is 0.394. The third kappa shape index (κ3) is 3.53. The molecule has 1 unspecified atom stereocenters. The zero-order valence-electron chi connectivity index (χ0n) is 10.8. The van der Waals surface area contributed by atoms with E-state index in [-0.39, 0.29) is 6.04 Å². The molecular weight excluding hydrogens is 365 g/mol. The van der Waals surface area contributed by atoms with Crippen molar-refractivity contribution in [1.29, 1.82) is 0 Å². The van der Waals surface area contributed by atoms with Gasteiger partial charge in [-0.1, -0.05) is 29.3 Å². The van der Waals surface area contributed by atoms with Gasteiger partial charge < -0.3 is 10.1 Å². The molecule has 7 heteroatoms. The maximum Gasteiger partial charge on any atom is 0.232 e. The lowest BCUT2D eigenvalue weighted by Crippen LogP contribution is -2.10. The molecule has 1 aromatic heterocycles. The number of rotatable bonds is 4. The van der Waals surface area contributed by atoms with Gasteiger partial charge in [0.05, 0.1) is 23.8 Å². The van der Waals surface area contributed by atoms with Crippen LogP contribution in [0, 0.1) is 0 Å². The van der Waals surface area contributed by atoms with Crippen LogP contribution < -0.4 is 10.1 Å². The topological polar surface area (TPSA) is 47.0 Å². The van der Waals surface area contributed by atoms with Crippen molar-refractivity contribution in [1.82, 2.24) is 9.97 Å². The van der Waals surface area contributed by atoms with Crippen LogP contribution in [0.25, 0.3) is 0 Å². The van der Waals surface area contributed by atoms with Gasteiger partial charge >= 0.3 is 0 Å². The Kier molecular flexibility index (Phi) is 5.07. The Hall–Kier alpha value is -1.04. The Morgan fingerprint density at radius 1 is 1.35 bits per heavy atom. The summed E-state index contributed by atoms with van der Waals surface area (Å²) in [5.74, 6) is 0.931. The SMILES string of the molecule is COc1nc(NC(C)c2ccc(Cl)cc2Cl)ncc1Br. The number of anilines is 1. The normalized spacial score (nSPS) is 12.1. The summed E-state index contributed by atoms with van der Waals surface area (Å²) in [6, 6.07) is 5.31. The molecule has 1 aromatic carbocycles. The molecule has 4 nitrogen and oxygen atoms in total. The summed E-state index contributed by atoms with van der Waals surface area (Å²) in [7, 11) is 1.55. The number of hydrogen-bond donors (Lipinski definition) is 1. The summed E-state index contributed by atoms with van der Waals surface area (Å²) in [4.78, 5) is 8.42. The standard InChI is InChI=1S/C13H12BrCl2N3O/c1-7(9-4-3-8(15)5-11(9)16)18-13-17-6-10(14)12(19-13)20-2/h3-7H,1-2H3,(H,17,18,19). The molecule has 2 aromatic rings. The van der Waals surface area contributed by atoms with Gasteiger partial charge in [-0.25, -0.2) is 4.98 Å². The van der Waals surface area contributed by atoms with Gasteiger partial charge in [0.2, 0.25) is 11.8 Å². The summed E-state index contributed by atoms with van der Waals surface area (Å²) in [5.41, 5.74) is 0.918. The highest BCUT2D eigenvalue weighted by Gasteiger charge is 2.12. The van der Waals surface area contributed by atoms with Crippen molar-refractivity contribution in [2.45, 2.75) is 13.0 Å². The van der Waals surface area contributed by atoms with E-state index in [1.165, 1.54) is 0 Å². The average Bonchev–Trinajstić information content (AvgIpc) is 2.40. The van der Waals surface area contributed by atoms with Crippen LogP contribution in [0.15, 0.2) is 28.9 Å². The molecule has 0 aliphatic heterocycles. The maximum absolute atomic E-state index is 6.18. The highest BCUT2D eigenvalue weighted by atomic mass is 79.9. The molecule has 0 aliphatic carbocycles. The first-order valence-electron chi connectivity index (χ1n) is 5.79. The first-order valence-corrected chi connectivity index (χ1v) is 7.34. The lowest BCUT2D eigenvalue weighted by atomic mass is 10.1. The van der Waals surface area contributed by atoms with Gasteiger partial charge in [-0.2, -0.15) is 4.98 Å². The van der Waals surface area contributed by atoms with Crippen molar-refractivity contribution in [2.75, 3.05) is 12.4 Å². The molecule has 1 atom stereocenters. The van der Waals surface area contributed by atoms with Gasteiger partial charge in [-0.3, -0.25) is 0 Å². The van der Waals surface area contributed by atoms with E-state index in [0.717, 1.165) is 5.56 Å². The molecule has 0 spiro atoms. The van der Waals surface area contributed by atoms with Gasteiger partial charge in [0.25, 0.3) is 0 Å². The van der Waals surface area contributed by atoms with E-state index in [9.17, 15) is 0 Å². The molecule has 0 radical (unpaired) electrons. The minimum Gasteiger partial charge on any atom is -0.480 e. The van der Waals surface area contributed by atoms with Crippen LogP contribution in [0.4, 0.5) is 5.95 Å². The van der Waals surface area contributed by atoms with Gasteiger partial charge in [-0.05, 0) is 40.5 Å². The predicted molar refractivity (Wildman–Crippen MR) is 84.8 cm³/mol. The fourth-order valence-corrected chi connectivity index (χ4v) is 2.61. The second kappa shape index (κ2) is 6.61. The Morgan fingerprint density at radius 3 is 2.75 bits per heavy atom. The highest BCUT2D eigenvalue weighted by molar-refractivity contribution is 9.10. The van der Waals surface area contributed by atoms with Gasteiger partial charge in [0, 0.05) is 10.0 Å². The molecule has 0 saturated carbocycles. The molecule has 2 rings (SSSR count). The fraction of sp³-hybridized carbons (Fsp3) is 0.231.